The Hall–Kier alpha value is -0.140. The van der Waals surface area contributed by atoms with Gasteiger partial charge in [-0.2, -0.15) is 11.8 Å². The van der Waals surface area contributed by atoms with Crippen LogP contribution in [0.3, 0.4) is 0 Å². The minimum Gasteiger partial charge on any atom is -0.157 e. The number of halogens is 1. The molecule has 0 bridgehead atoms. The van der Waals surface area contributed by atoms with Crippen LogP contribution in [0.15, 0.2) is 24.3 Å². The molecule has 0 radical (unpaired) electrons. The molecule has 0 N–H and O–H groups in total. The van der Waals surface area contributed by atoms with Gasteiger partial charge in [-0.05, 0) is 31.1 Å². The number of thioether (sulfide) groups is 1. The van der Waals surface area contributed by atoms with Crippen molar-refractivity contribution in [2.45, 2.75) is 38.4 Å². The molecule has 16 heavy (non-hydrogen) atoms. The predicted molar refractivity (Wildman–Crippen MR) is 76.5 cm³/mol. The standard InChI is InChI=1S/C14H21ClS/c1-13-7-6-8-14(11-13)12-16-10-5-3-2-4-9-15/h6-8,11H,2-5,9-10,12H2,1H3. The Morgan fingerprint density at radius 3 is 2.69 bits per heavy atom. The van der Waals surface area contributed by atoms with Crippen LogP contribution < -0.4 is 0 Å². The average molecular weight is 257 g/mol. The topological polar surface area (TPSA) is 0 Å². The summed E-state index contributed by atoms with van der Waals surface area (Å²) in [5.74, 6) is 3.24. The normalized spacial score (nSPS) is 10.6. The molecule has 0 nitrogen and oxygen atoms in total. The molecule has 0 unspecified atom stereocenters. The molecule has 0 aliphatic carbocycles. The number of aryl methyl sites for hydroxylation is 1. The van der Waals surface area contributed by atoms with Gasteiger partial charge in [0.25, 0.3) is 0 Å². The number of hydrogen-bond donors (Lipinski definition) is 0. The summed E-state index contributed by atoms with van der Waals surface area (Å²) in [7, 11) is 0. The lowest BCUT2D eigenvalue weighted by atomic mass is 10.2. The lowest BCUT2D eigenvalue weighted by molar-refractivity contribution is 0.709. The lowest BCUT2D eigenvalue weighted by Gasteiger charge is -2.03. The molecule has 1 rings (SSSR count). The van der Waals surface area contributed by atoms with Crippen molar-refractivity contribution in [2.24, 2.45) is 0 Å². The summed E-state index contributed by atoms with van der Waals surface area (Å²) in [6, 6.07) is 8.79. The molecule has 0 atom stereocenters. The van der Waals surface area contributed by atoms with E-state index >= 15 is 0 Å². The first kappa shape index (κ1) is 13.9. The van der Waals surface area contributed by atoms with Gasteiger partial charge in [0, 0.05) is 11.6 Å². The van der Waals surface area contributed by atoms with Gasteiger partial charge in [-0.3, -0.25) is 0 Å². The van der Waals surface area contributed by atoms with Crippen LogP contribution in [0.4, 0.5) is 0 Å². The van der Waals surface area contributed by atoms with Crippen LogP contribution in [0.2, 0.25) is 0 Å². The monoisotopic (exact) mass is 256 g/mol. The van der Waals surface area contributed by atoms with Gasteiger partial charge in [0.2, 0.25) is 0 Å². The molecule has 0 aliphatic rings. The van der Waals surface area contributed by atoms with Crippen LogP contribution in [0.1, 0.15) is 36.8 Å². The third kappa shape index (κ3) is 6.44. The third-order valence-electron chi connectivity index (χ3n) is 2.52. The van der Waals surface area contributed by atoms with Gasteiger partial charge < -0.3 is 0 Å². The summed E-state index contributed by atoms with van der Waals surface area (Å²) < 4.78 is 0. The summed E-state index contributed by atoms with van der Waals surface area (Å²) in [5, 5.41) is 0. The van der Waals surface area contributed by atoms with Crippen molar-refractivity contribution in [2.75, 3.05) is 11.6 Å². The molecular weight excluding hydrogens is 236 g/mol. The van der Waals surface area contributed by atoms with Gasteiger partial charge in [-0.1, -0.05) is 42.7 Å². The summed E-state index contributed by atoms with van der Waals surface area (Å²) >= 11 is 7.67. The molecule has 0 amide bonds. The van der Waals surface area contributed by atoms with Gasteiger partial charge in [-0.25, -0.2) is 0 Å². The lowest BCUT2D eigenvalue weighted by Crippen LogP contribution is -1.86. The van der Waals surface area contributed by atoms with E-state index in [0.717, 1.165) is 11.6 Å². The fourth-order valence-electron chi connectivity index (χ4n) is 1.64. The number of benzene rings is 1. The van der Waals surface area contributed by atoms with Crippen LogP contribution in [0.5, 0.6) is 0 Å². The molecule has 0 saturated heterocycles. The second-order valence-corrected chi connectivity index (χ2v) is 5.63. The van der Waals surface area contributed by atoms with Crippen molar-refractivity contribution in [1.29, 1.82) is 0 Å². The molecule has 1 aromatic carbocycles. The molecule has 0 saturated carbocycles. The van der Waals surface area contributed by atoms with Crippen molar-refractivity contribution < 1.29 is 0 Å². The van der Waals surface area contributed by atoms with Crippen molar-refractivity contribution in [3.8, 4) is 0 Å². The minimum absolute atomic E-state index is 0.816. The Morgan fingerprint density at radius 1 is 1.12 bits per heavy atom. The molecule has 0 spiro atoms. The highest BCUT2D eigenvalue weighted by molar-refractivity contribution is 7.98. The van der Waals surface area contributed by atoms with E-state index in [1.54, 1.807) is 0 Å². The van der Waals surface area contributed by atoms with Crippen molar-refractivity contribution in [3.63, 3.8) is 0 Å². The van der Waals surface area contributed by atoms with Crippen LogP contribution in [0.25, 0.3) is 0 Å². The zero-order chi connectivity index (χ0) is 11.6. The van der Waals surface area contributed by atoms with Gasteiger partial charge in [0.05, 0.1) is 0 Å². The van der Waals surface area contributed by atoms with E-state index in [-0.39, 0.29) is 0 Å². The molecule has 0 aliphatic heterocycles. The van der Waals surface area contributed by atoms with Crippen molar-refractivity contribution in [1.82, 2.24) is 0 Å². The zero-order valence-corrected chi connectivity index (χ0v) is 11.6. The highest BCUT2D eigenvalue weighted by atomic mass is 35.5. The van der Waals surface area contributed by atoms with Crippen LogP contribution >= 0.6 is 23.4 Å². The molecule has 90 valence electrons. The van der Waals surface area contributed by atoms with Crippen LogP contribution in [0, 0.1) is 6.92 Å². The van der Waals surface area contributed by atoms with Crippen molar-refractivity contribution >= 4 is 23.4 Å². The van der Waals surface area contributed by atoms with E-state index in [9.17, 15) is 0 Å². The molecule has 2 heteroatoms. The quantitative estimate of drug-likeness (QED) is 0.465. The first-order chi connectivity index (χ1) is 7.83. The highest BCUT2D eigenvalue weighted by Crippen LogP contribution is 2.15. The average Bonchev–Trinajstić information content (AvgIpc) is 2.28. The highest BCUT2D eigenvalue weighted by Gasteiger charge is 1.94. The molecule has 0 aromatic heterocycles. The largest absolute Gasteiger partial charge is 0.157 e. The summed E-state index contributed by atoms with van der Waals surface area (Å²) in [6.45, 7) is 2.15. The Balaban J connectivity index is 2.03. The van der Waals surface area contributed by atoms with E-state index in [1.165, 1.54) is 42.6 Å². The van der Waals surface area contributed by atoms with E-state index in [4.69, 9.17) is 11.6 Å². The second-order valence-electron chi connectivity index (χ2n) is 4.14. The van der Waals surface area contributed by atoms with E-state index in [2.05, 4.69) is 31.2 Å². The summed E-state index contributed by atoms with van der Waals surface area (Å²) in [6.07, 6.45) is 5.11. The van der Waals surface area contributed by atoms with E-state index in [0.29, 0.717) is 0 Å². The second kappa shape index (κ2) is 8.95. The maximum atomic E-state index is 5.63. The summed E-state index contributed by atoms with van der Waals surface area (Å²) in [4.78, 5) is 0. The SMILES string of the molecule is Cc1cccc(CSCCCCCCCl)c1. The smallest absolute Gasteiger partial charge is 0.0223 e. The van der Waals surface area contributed by atoms with Crippen molar-refractivity contribution in [3.05, 3.63) is 35.4 Å². The fraction of sp³-hybridized carbons (Fsp3) is 0.571. The zero-order valence-electron chi connectivity index (χ0n) is 10.0. The Bertz CT molecular complexity index is 286. The molecule has 1 aromatic rings. The predicted octanol–water partition coefficient (Wildman–Crippen LogP) is 5.03. The van der Waals surface area contributed by atoms with Gasteiger partial charge in [0.1, 0.15) is 0 Å². The Labute approximate surface area is 109 Å². The van der Waals surface area contributed by atoms with Crippen LogP contribution in [-0.2, 0) is 5.75 Å². The number of unbranched alkanes of at least 4 members (excludes halogenated alkanes) is 3. The third-order valence-corrected chi connectivity index (χ3v) is 3.91. The molecule has 0 fully saturated rings. The first-order valence-corrected chi connectivity index (χ1v) is 7.71. The maximum Gasteiger partial charge on any atom is 0.0223 e. The van der Waals surface area contributed by atoms with Gasteiger partial charge >= 0.3 is 0 Å². The van der Waals surface area contributed by atoms with Gasteiger partial charge in [0.15, 0.2) is 0 Å². The maximum absolute atomic E-state index is 5.63. The molecule has 0 heterocycles. The fourth-order valence-corrected chi connectivity index (χ4v) is 2.80. The minimum atomic E-state index is 0.816. The van der Waals surface area contributed by atoms with E-state index < -0.39 is 0 Å². The molecular formula is C14H21ClS. The number of rotatable bonds is 8. The van der Waals surface area contributed by atoms with Gasteiger partial charge in [-0.15, -0.1) is 11.6 Å². The van der Waals surface area contributed by atoms with Crippen LogP contribution in [-0.4, -0.2) is 11.6 Å². The van der Waals surface area contributed by atoms with E-state index in [1.807, 2.05) is 11.8 Å². The Morgan fingerprint density at radius 2 is 1.94 bits per heavy atom. The first-order valence-electron chi connectivity index (χ1n) is 6.02. The summed E-state index contributed by atoms with van der Waals surface area (Å²) in [5.41, 5.74) is 2.81. The Kier molecular flexibility index (Phi) is 7.79. The number of alkyl halides is 1. The number of hydrogen-bond acceptors (Lipinski definition) is 1.